The molecule has 1 unspecified atom stereocenters. The molecule has 1 rings (SSSR count). The zero-order valence-corrected chi connectivity index (χ0v) is 9.62. The van der Waals surface area contributed by atoms with Crippen molar-refractivity contribution in [2.75, 3.05) is 13.2 Å². The summed E-state index contributed by atoms with van der Waals surface area (Å²) in [6.45, 7) is -0.603. The lowest BCUT2D eigenvalue weighted by Crippen LogP contribution is -2.33. The molecule has 6 heteroatoms. The molecule has 0 N–H and O–H groups in total. The summed E-state index contributed by atoms with van der Waals surface area (Å²) >= 11 is 0. The Bertz CT molecular complexity index is 442. The maximum Gasteiger partial charge on any atom is 0.401 e. The van der Waals surface area contributed by atoms with Gasteiger partial charge in [0.15, 0.2) is 6.21 Å². The van der Waals surface area contributed by atoms with Crippen molar-refractivity contribution in [3.63, 3.8) is 0 Å². The molecule has 0 fully saturated rings. The molecule has 15 heavy (non-hydrogen) atoms. The third-order valence-corrected chi connectivity index (χ3v) is 4.26. The summed E-state index contributed by atoms with van der Waals surface area (Å²) in [4.78, 5) is 0. The molecule has 0 radical (unpaired) electrons. The van der Waals surface area contributed by atoms with Crippen molar-refractivity contribution in [3.8, 4) is 0 Å². The number of hydrogen-bond donors (Lipinski definition) is 0. The van der Waals surface area contributed by atoms with E-state index < -0.39 is 32.5 Å². The lowest BCUT2D eigenvalue weighted by Gasteiger charge is -2.30. The average Bonchev–Trinajstić information content (AvgIpc) is 2.50. The van der Waals surface area contributed by atoms with Gasteiger partial charge in [0.2, 0.25) is 0 Å². The van der Waals surface area contributed by atoms with E-state index in [4.69, 9.17) is 15.9 Å². The van der Waals surface area contributed by atoms with Gasteiger partial charge in [-0.3, -0.25) is 4.57 Å². The molecule has 1 heterocycles. The van der Waals surface area contributed by atoms with Crippen LogP contribution in [-0.4, -0.2) is 29.4 Å². The van der Waals surface area contributed by atoms with E-state index in [0.717, 1.165) is 6.21 Å². The molecule has 0 aromatic heterocycles. The standard InChI is InChI=1S/C9H18NO4P/c1-4-13-15(12,14-5-2)9(3)7-6-8-10(9)11/h8H,4-7H2,1-3H3/i3D3,7D2. The van der Waals surface area contributed by atoms with Gasteiger partial charge in [-0.1, -0.05) is 0 Å². The minimum absolute atomic E-state index is 0.105. The number of nitrogens with zero attached hydrogens (tertiary/aromatic N) is 1. The van der Waals surface area contributed by atoms with Gasteiger partial charge in [0.25, 0.3) is 5.28 Å². The van der Waals surface area contributed by atoms with Crippen LogP contribution in [0.5, 0.6) is 0 Å². The van der Waals surface area contributed by atoms with Crippen molar-refractivity contribution in [3.05, 3.63) is 5.21 Å². The Balaban J connectivity index is 3.63. The van der Waals surface area contributed by atoms with E-state index in [9.17, 15) is 9.77 Å². The second kappa shape index (κ2) is 4.64. The van der Waals surface area contributed by atoms with Gasteiger partial charge in [-0.2, -0.15) is 4.74 Å². The van der Waals surface area contributed by atoms with Gasteiger partial charge in [-0.05, 0) is 13.8 Å². The van der Waals surface area contributed by atoms with Gasteiger partial charge in [0.1, 0.15) is 0 Å². The molecule has 1 aliphatic rings. The Hall–Kier alpha value is -0.380. The number of hydrogen-bond acceptors (Lipinski definition) is 4. The van der Waals surface area contributed by atoms with Crippen molar-refractivity contribution in [2.24, 2.45) is 0 Å². The molecule has 0 aliphatic carbocycles. The van der Waals surface area contributed by atoms with E-state index in [1.54, 1.807) is 0 Å². The van der Waals surface area contributed by atoms with Crippen LogP contribution >= 0.6 is 7.60 Å². The van der Waals surface area contributed by atoms with Gasteiger partial charge in [-0.15, -0.1) is 0 Å². The molecule has 0 bridgehead atoms. The summed E-state index contributed by atoms with van der Waals surface area (Å²) in [6.07, 6.45) is -2.21. The Kier molecular flexibility index (Phi) is 2.18. The molecule has 5 nitrogen and oxygen atoms in total. The molecule has 0 saturated heterocycles. The Morgan fingerprint density at radius 1 is 1.67 bits per heavy atom. The highest BCUT2D eigenvalue weighted by Crippen LogP contribution is 2.62. The average molecular weight is 240 g/mol. The van der Waals surface area contributed by atoms with Crippen LogP contribution in [0, 0.1) is 5.21 Å². The fraction of sp³-hybridized carbons (Fsp3) is 0.889. The second-order valence-corrected chi connectivity index (χ2v) is 5.05. The number of hydroxylamine groups is 1. The van der Waals surface area contributed by atoms with Crippen LogP contribution in [0.25, 0.3) is 0 Å². The van der Waals surface area contributed by atoms with Gasteiger partial charge in [0, 0.05) is 26.5 Å². The molecule has 0 aromatic carbocycles. The first kappa shape index (κ1) is 7.05. The van der Waals surface area contributed by atoms with Crippen LogP contribution in [0.15, 0.2) is 0 Å². The predicted octanol–water partition coefficient (Wildman–Crippen LogP) is 2.34. The summed E-state index contributed by atoms with van der Waals surface area (Å²) < 4.78 is 61.2. The molecule has 1 aliphatic heterocycles. The van der Waals surface area contributed by atoms with E-state index in [0.29, 0.717) is 0 Å². The highest BCUT2D eigenvalue weighted by Gasteiger charge is 2.56. The summed E-state index contributed by atoms with van der Waals surface area (Å²) in [7, 11) is -4.55. The second-order valence-electron chi connectivity index (χ2n) is 2.89. The first-order chi connectivity index (χ1) is 9.00. The smallest absolute Gasteiger partial charge is 0.401 e. The van der Waals surface area contributed by atoms with Gasteiger partial charge >= 0.3 is 7.60 Å². The molecule has 0 amide bonds. The van der Waals surface area contributed by atoms with Crippen molar-refractivity contribution in [1.82, 2.24) is 0 Å². The highest BCUT2D eigenvalue weighted by molar-refractivity contribution is 7.55. The molecular weight excluding hydrogens is 217 g/mol. The Morgan fingerprint density at radius 2 is 2.27 bits per heavy atom. The maximum atomic E-state index is 12.9. The van der Waals surface area contributed by atoms with Crippen LogP contribution in [0.3, 0.4) is 0 Å². The van der Waals surface area contributed by atoms with Crippen LogP contribution in [-0.2, 0) is 13.6 Å². The molecule has 0 aromatic rings. The highest BCUT2D eigenvalue weighted by atomic mass is 31.2. The van der Waals surface area contributed by atoms with E-state index in [2.05, 4.69) is 0 Å². The normalized spacial score (nSPS) is 35.9. The first-order valence-corrected chi connectivity index (χ1v) is 6.23. The fourth-order valence-electron chi connectivity index (χ4n) is 1.26. The van der Waals surface area contributed by atoms with Crippen molar-refractivity contribution in [1.29, 1.82) is 0 Å². The predicted molar refractivity (Wildman–Crippen MR) is 58.2 cm³/mol. The molecule has 1 atom stereocenters. The summed E-state index contributed by atoms with van der Waals surface area (Å²) in [5, 5.41) is 9.19. The van der Waals surface area contributed by atoms with Crippen molar-refractivity contribution < 1.29 is 25.2 Å². The van der Waals surface area contributed by atoms with E-state index >= 15 is 0 Å². The van der Waals surface area contributed by atoms with E-state index in [1.807, 2.05) is 0 Å². The van der Waals surface area contributed by atoms with E-state index in [-0.39, 0.29) is 18.0 Å². The lowest BCUT2D eigenvalue weighted by atomic mass is 10.2. The summed E-state index contributed by atoms with van der Waals surface area (Å²) in [5.41, 5.74) is 0. The fourth-order valence-corrected chi connectivity index (χ4v) is 3.00. The van der Waals surface area contributed by atoms with Gasteiger partial charge in [0.05, 0.1) is 13.2 Å². The third kappa shape index (κ3) is 2.10. The maximum absolute atomic E-state index is 12.9. The minimum atomic E-state index is -4.55. The van der Waals surface area contributed by atoms with Crippen LogP contribution in [0.4, 0.5) is 0 Å². The van der Waals surface area contributed by atoms with Crippen LogP contribution in [0.1, 0.15) is 40.3 Å². The quantitative estimate of drug-likeness (QED) is 0.420. The zero-order valence-electron chi connectivity index (χ0n) is 13.7. The molecule has 0 spiro atoms. The Labute approximate surface area is 97.2 Å². The molecular formula is C9H18NO4P. The zero-order chi connectivity index (χ0) is 15.8. The third-order valence-electron chi connectivity index (χ3n) is 1.92. The topological polar surface area (TPSA) is 61.6 Å². The van der Waals surface area contributed by atoms with E-state index in [1.165, 1.54) is 13.8 Å². The largest absolute Gasteiger partial charge is 0.623 e. The van der Waals surface area contributed by atoms with Crippen LogP contribution in [0.2, 0.25) is 0 Å². The molecule has 0 saturated carbocycles. The van der Waals surface area contributed by atoms with Gasteiger partial charge in [-0.25, -0.2) is 0 Å². The molecule has 88 valence electrons. The number of rotatable bonds is 5. The summed E-state index contributed by atoms with van der Waals surface area (Å²) in [6, 6.07) is 0. The first-order valence-electron chi connectivity index (χ1n) is 7.19. The lowest BCUT2D eigenvalue weighted by molar-refractivity contribution is -0.506. The SMILES string of the molecule is [2H]C([2H])([2H])C1(P(=O)(OCC)OCC)[N+]([O-])=CCC1([2H])[2H]. The van der Waals surface area contributed by atoms with Crippen molar-refractivity contribution in [2.45, 2.75) is 38.8 Å². The Morgan fingerprint density at radius 3 is 2.60 bits per heavy atom. The monoisotopic (exact) mass is 240 g/mol. The summed E-state index contributed by atoms with van der Waals surface area (Å²) in [5.74, 6) is 0. The van der Waals surface area contributed by atoms with Gasteiger partial charge < -0.3 is 14.3 Å². The van der Waals surface area contributed by atoms with Crippen LogP contribution < -0.4 is 0 Å². The minimum Gasteiger partial charge on any atom is -0.623 e. The van der Waals surface area contributed by atoms with Crippen molar-refractivity contribution >= 4 is 13.8 Å².